The van der Waals surface area contributed by atoms with E-state index in [1.54, 1.807) is 41.5 Å². The zero-order valence-corrected chi connectivity index (χ0v) is 24.2. The van der Waals surface area contributed by atoms with Crippen LogP contribution >= 0.6 is 67.8 Å². The molecule has 0 saturated carbocycles. The number of rotatable bonds is 9. The molecule has 0 spiro atoms. The molecule has 0 aliphatic rings. The van der Waals surface area contributed by atoms with Gasteiger partial charge in [0, 0.05) is 13.3 Å². The van der Waals surface area contributed by atoms with E-state index in [0.29, 0.717) is 6.61 Å². The Morgan fingerprint density at radius 2 is 1.00 bits per heavy atom. The van der Waals surface area contributed by atoms with Crippen molar-refractivity contribution in [3.8, 4) is 0 Å². The molecule has 0 aromatic carbocycles. The molecular formula is C18H34I3NO6. The van der Waals surface area contributed by atoms with Crippen LogP contribution in [0.5, 0.6) is 0 Å². The lowest BCUT2D eigenvalue weighted by Gasteiger charge is -2.28. The van der Waals surface area contributed by atoms with E-state index in [1.165, 1.54) is 0 Å². The largest absolute Gasteiger partial charge is 0.443 e. The van der Waals surface area contributed by atoms with Crippen molar-refractivity contribution in [2.24, 2.45) is 0 Å². The van der Waals surface area contributed by atoms with Crippen molar-refractivity contribution < 1.29 is 28.5 Å². The van der Waals surface area contributed by atoms with E-state index in [9.17, 15) is 9.59 Å². The first-order valence-electron chi connectivity index (χ1n) is 8.94. The maximum Gasteiger partial charge on any atom is 0.419 e. The maximum atomic E-state index is 12.1. The summed E-state index contributed by atoms with van der Waals surface area (Å²) in [6, 6.07) is 0. The van der Waals surface area contributed by atoms with Gasteiger partial charge in [-0.3, -0.25) is 0 Å². The molecule has 0 heterocycles. The Kier molecular flexibility index (Phi) is 19.4. The van der Waals surface area contributed by atoms with Crippen LogP contribution in [0.25, 0.3) is 0 Å². The van der Waals surface area contributed by atoms with Gasteiger partial charge in [-0.05, 0) is 41.5 Å². The van der Waals surface area contributed by atoms with Crippen LogP contribution in [0.2, 0.25) is 0 Å². The minimum absolute atomic E-state index is 0.0977. The third kappa shape index (κ3) is 21.6. The molecule has 0 aliphatic heterocycles. The van der Waals surface area contributed by atoms with E-state index in [-0.39, 0.29) is 13.2 Å². The summed E-state index contributed by atoms with van der Waals surface area (Å²) in [7, 11) is 0. The standard InChI is InChI=1S/C14H26INO5.C4H8I2O/c1-13(2,3)20-11(17)16(8-10-19-9-7-15)12(18)21-14(4,5)6;5-1-3-7-4-2-6/h7-10H2,1-6H3;1-4H2. The Hall–Kier alpha value is 0.850. The number of imide groups is 1. The molecule has 168 valence electrons. The molecule has 10 heteroatoms. The molecule has 0 unspecified atom stereocenters. The van der Waals surface area contributed by atoms with Crippen LogP contribution in [0, 0.1) is 0 Å². The SMILES string of the molecule is CC(C)(C)OC(=O)N(CCOCCI)C(=O)OC(C)(C)C.ICCOCCI. The second-order valence-corrected chi connectivity index (χ2v) is 10.6. The van der Waals surface area contributed by atoms with Gasteiger partial charge < -0.3 is 18.9 Å². The summed E-state index contributed by atoms with van der Waals surface area (Å²) in [6.07, 6.45) is -1.45. The van der Waals surface area contributed by atoms with E-state index < -0.39 is 23.4 Å². The zero-order chi connectivity index (χ0) is 22.2. The third-order valence-electron chi connectivity index (χ3n) is 2.35. The molecule has 0 aliphatic carbocycles. The molecule has 0 saturated heterocycles. The van der Waals surface area contributed by atoms with E-state index >= 15 is 0 Å². The normalized spacial score (nSPS) is 11.3. The smallest absolute Gasteiger partial charge is 0.419 e. The third-order valence-corrected chi connectivity index (χ3v) is 3.67. The lowest BCUT2D eigenvalue weighted by molar-refractivity contribution is -0.00403. The van der Waals surface area contributed by atoms with Gasteiger partial charge in [-0.1, -0.05) is 67.8 Å². The van der Waals surface area contributed by atoms with Crippen LogP contribution in [0.4, 0.5) is 9.59 Å². The van der Waals surface area contributed by atoms with Crippen LogP contribution in [-0.4, -0.2) is 74.5 Å². The molecule has 7 nitrogen and oxygen atoms in total. The van der Waals surface area contributed by atoms with Gasteiger partial charge in [0.2, 0.25) is 0 Å². The van der Waals surface area contributed by atoms with Gasteiger partial charge in [-0.15, -0.1) is 0 Å². The van der Waals surface area contributed by atoms with Crippen LogP contribution in [0.1, 0.15) is 41.5 Å². The summed E-state index contributed by atoms with van der Waals surface area (Å²) in [5.41, 5.74) is -1.36. The summed E-state index contributed by atoms with van der Waals surface area (Å²) in [4.78, 5) is 25.1. The van der Waals surface area contributed by atoms with Crippen molar-refractivity contribution >= 4 is 80.0 Å². The first kappa shape index (κ1) is 31.0. The van der Waals surface area contributed by atoms with E-state index in [4.69, 9.17) is 18.9 Å². The summed E-state index contributed by atoms with van der Waals surface area (Å²) in [6.45, 7) is 13.2. The number of halogens is 3. The number of nitrogens with zero attached hydrogens (tertiary/aromatic N) is 1. The maximum absolute atomic E-state index is 12.1. The summed E-state index contributed by atoms with van der Waals surface area (Å²) >= 11 is 6.78. The quantitative estimate of drug-likeness (QED) is 0.177. The van der Waals surface area contributed by atoms with Crippen molar-refractivity contribution in [3.63, 3.8) is 0 Å². The highest BCUT2D eigenvalue weighted by molar-refractivity contribution is 14.1. The van der Waals surface area contributed by atoms with E-state index in [2.05, 4.69) is 67.8 Å². The minimum atomic E-state index is -0.727. The van der Waals surface area contributed by atoms with Gasteiger partial charge in [-0.2, -0.15) is 0 Å². The van der Waals surface area contributed by atoms with E-state index in [0.717, 1.165) is 31.4 Å². The van der Waals surface area contributed by atoms with Crippen molar-refractivity contribution in [3.05, 3.63) is 0 Å². The molecule has 0 N–H and O–H groups in total. The highest BCUT2D eigenvalue weighted by Gasteiger charge is 2.30. The monoisotopic (exact) mass is 741 g/mol. The van der Waals surface area contributed by atoms with Crippen LogP contribution < -0.4 is 0 Å². The van der Waals surface area contributed by atoms with Crippen LogP contribution in [0.15, 0.2) is 0 Å². The predicted molar refractivity (Wildman–Crippen MR) is 137 cm³/mol. The minimum Gasteiger partial charge on any atom is -0.443 e. The first-order valence-corrected chi connectivity index (χ1v) is 13.5. The molecule has 0 aromatic heterocycles. The fourth-order valence-electron chi connectivity index (χ4n) is 1.41. The highest BCUT2D eigenvalue weighted by atomic mass is 127. The Balaban J connectivity index is 0. The Bertz CT molecular complexity index is 393. The number of carbonyl (C=O) groups excluding carboxylic acids is 2. The summed E-state index contributed by atoms with van der Waals surface area (Å²) < 4.78 is 23.9. The number of ether oxygens (including phenoxy) is 4. The van der Waals surface area contributed by atoms with E-state index in [1.807, 2.05) is 0 Å². The first-order chi connectivity index (χ1) is 12.9. The topological polar surface area (TPSA) is 74.3 Å². The Morgan fingerprint density at radius 1 is 0.679 bits per heavy atom. The second kappa shape index (κ2) is 17.5. The highest BCUT2D eigenvalue weighted by Crippen LogP contribution is 2.14. The predicted octanol–water partition coefficient (Wildman–Crippen LogP) is 5.48. The number of hydrogen-bond donors (Lipinski definition) is 0. The summed E-state index contributed by atoms with van der Waals surface area (Å²) in [5.74, 6) is 0. The van der Waals surface area contributed by atoms with Crippen molar-refractivity contribution in [2.75, 3.05) is 46.3 Å². The molecule has 28 heavy (non-hydrogen) atoms. The van der Waals surface area contributed by atoms with Gasteiger partial charge >= 0.3 is 12.2 Å². The fraction of sp³-hybridized carbons (Fsp3) is 0.889. The molecule has 0 fully saturated rings. The van der Waals surface area contributed by atoms with Gasteiger partial charge in [-0.25, -0.2) is 14.5 Å². The molecular weight excluding hydrogens is 707 g/mol. The molecule has 0 rings (SSSR count). The molecule has 2 amide bonds. The van der Waals surface area contributed by atoms with Crippen LogP contribution in [-0.2, 0) is 18.9 Å². The molecule has 0 atom stereocenters. The Labute approximate surface area is 210 Å². The van der Waals surface area contributed by atoms with Crippen molar-refractivity contribution in [1.29, 1.82) is 0 Å². The van der Waals surface area contributed by atoms with Gasteiger partial charge in [0.15, 0.2) is 0 Å². The van der Waals surface area contributed by atoms with Gasteiger partial charge in [0.05, 0.1) is 33.0 Å². The average molecular weight is 741 g/mol. The number of hydrogen-bond acceptors (Lipinski definition) is 6. The average Bonchev–Trinajstić information content (AvgIpc) is 2.52. The summed E-state index contributed by atoms with van der Waals surface area (Å²) in [5, 5.41) is 0. The van der Waals surface area contributed by atoms with Gasteiger partial charge in [0.25, 0.3) is 0 Å². The Morgan fingerprint density at radius 3 is 1.29 bits per heavy atom. The second-order valence-electron chi connectivity index (χ2n) is 7.40. The number of alkyl halides is 3. The number of amides is 2. The van der Waals surface area contributed by atoms with Crippen LogP contribution in [0.3, 0.4) is 0 Å². The lowest BCUT2D eigenvalue weighted by Crippen LogP contribution is -2.45. The fourth-order valence-corrected chi connectivity index (χ4v) is 2.35. The molecule has 0 bridgehead atoms. The molecule has 0 radical (unpaired) electrons. The van der Waals surface area contributed by atoms with Gasteiger partial charge in [0.1, 0.15) is 11.2 Å². The molecule has 0 aromatic rings. The van der Waals surface area contributed by atoms with Crippen molar-refractivity contribution in [2.45, 2.75) is 52.7 Å². The lowest BCUT2D eigenvalue weighted by atomic mass is 10.2. The number of carbonyl (C=O) groups is 2. The van der Waals surface area contributed by atoms with Crippen molar-refractivity contribution in [1.82, 2.24) is 4.90 Å². The zero-order valence-electron chi connectivity index (χ0n) is 17.7.